The van der Waals surface area contributed by atoms with Crippen molar-refractivity contribution in [1.82, 2.24) is 15.5 Å². The number of rotatable bonds is 9. The van der Waals surface area contributed by atoms with Gasteiger partial charge in [0.05, 0.1) is 0 Å². The number of hydrogen-bond donors (Lipinski definition) is 2. The summed E-state index contributed by atoms with van der Waals surface area (Å²) in [4.78, 5) is 6.67. The van der Waals surface area contributed by atoms with E-state index < -0.39 is 0 Å². The summed E-state index contributed by atoms with van der Waals surface area (Å²) in [5.74, 6) is 0.678. The van der Waals surface area contributed by atoms with Gasteiger partial charge in [0.2, 0.25) is 0 Å². The number of benzene rings is 1. The molecule has 2 N–H and O–H groups in total. The minimum Gasteiger partial charge on any atom is -0.356 e. The Hall–Kier alpha value is -0.890. The van der Waals surface area contributed by atoms with Crippen LogP contribution in [-0.2, 0) is 5.41 Å². The lowest BCUT2D eigenvalue weighted by Gasteiger charge is -2.21. The maximum atomic E-state index is 13.5. The summed E-state index contributed by atoms with van der Waals surface area (Å²) >= 11 is 0. The van der Waals surface area contributed by atoms with Gasteiger partial charge >= 0.3 is 0 Å². The first kappa shape index (κ1) is 23.1. The third kappa shape index (κ3) is 7.02. The fourth-order valence-electron chi connectivity index (χ4n) is 2.96. The van der Waals surface area contributed by atoms with Crippen molar-refractivity contribution in [3.8, 4) is 0 Å². The highest BCUT2D eigenvalue weighted by molar-refractivity contribution is 14.0. The number of hydrogen-bond acceptors (Lipinski definition) is 2. The lowest BCUT2D eigenvalue weighted by molar-refractivity contribution is 0.268. The molecule has 6 heteroatoms. The molecule has 1 fully saturated rings. The van der Waals surface area contributed by atoms with E-state index in [-0.39, 0.29) is 35.2 Å². The van der Waals surface area contributed by atoms with E-state index in [4.69, 9.17) is 0 Å². The summed E-state index contributed by atoms with van der Waals surface area (Å²) in [5, 5.41) is 6.80. The molecule has 0 amide bonds. The van der Waals surface area contributed by atoms with Crippen LogP contribution in [0.4, 0.5) is 4.39 Å². The van der Waals surface area contributed by atoms with E-state index in [1.807, 2.05) is 6.07 Å². The molecule has 0 aromatic heterocycles. The molecule has 0 radical (unpaired) electrons. The van der Waals surface area contributed by atoms with E-state index >= 15 is 0 Å². The Morgan fingerprint density at radius 2 is 2.00 bits per heavy atom. The molecule has 1 aliphatic rings. The summed E-state index contributed by atoms with van der Waals surface area (Å²) in [6.45, 7) is 7.27. The maximum Gasteiger partial charge on any atom is 0.191 e. The van der Waals surface area contributed by atoms with E-state index in [1.54, 1.807) is 19.2 Å². The Balaban J connectivity index is 0.00000338. The van der Waals surface area contributed by atoms with Crippen LogP contribution in [0, 0.1) is 5.82 Å². The molecule has 0 saturated heterocycles. The molecule has 1 aromatic carbocycles. The Morgan fingerprint density at radius 1 is 1.27 bits per heavy atom. The van der Waals surface area contributed by atoms with Gasteiger partial charge in [0.25, 0.3) is 0 Å². The summed E-state index contributed by atoms with van der Waals surface area (Å²) in [6.07, 6.45) is 4.49. The van der Waals surface area contributed by atoms with Crippen molar-refractivity contribution in [1.29, 1.82) is 0 Å². The van der Waals surface area contributed by atoms with E-state index in [2.05, 4.69) is 41.4 Å². The van der Waals surface area contributed by atoms with Gasteiger partial charge in [0.15, 0.2) is 5.96 Å². The summed E-state index contributed by atoms with van der Waals surface area (Å²) < 4.78 is 13.5. The van der Waals surface area contributed by atoms with Gasteiger partial charge in [-0.15, -0.1) is 24.0 Å². The van der Waals surface area contributed by atoms with Gasteiger partial charge < -0.3 is 15.5 Å². The first-order valence-corrected chi connectivity index (χ1v) is 9.38. The molecule has 0 heterocycles. The number of unbranched alkanes of at least 4 members (excludes halogenated alkanes) is 1. The van der Waals surface area contributed by atoms with Gasteiger partial charge in [-0.05, 0) is 70.8 Å². The van der Waals surface area contributed by atoms with E-state index in [0.29, 0.717) is 6.04 Å². The highest BCUT2D eigenvalue weighted by Crippen LogP contribution is 2.47. The van der Waals surface area contributed by atoms with Crippen molar-refractivity contribution >= 4 is 29.9 Å². The molecule has 0 bridgehead atoms. The van der Waals surface area contributed by atoms with Crippen LogP contribution < -0.4 is 10.6 Å². The normalized spacial score (nSPS) is 15.7. The van der Waals surface area contributed by atoms with Crippen LogP contribution in [0.15, 0.2) is 29.3 Å². The molecule has 0 aliphatic heterocycles. The average molecular weight is 476 g/mol. The highest BCUT2D eigenvalue weighted by atomic mass is 127. The van der Waals surface area contributed by atoms with E-state index in [1.165, 1.54) is 12.5 Å². The monoisotopic (exact) mass is 476 g/mol. The fraction of sp³-hybridized carbons (Fsp3) is 0.650. The second-order valence-electron chi connectivity index (χ2n) is 7.42. The average Bonchev–Trinajstić information content (AvgIpc) is 3.38. The predicted molar refractivity (Wildman–Crippen MR) is 119 cm³/mol. The number of nitrogens with zero attached hydrogens (tertiary/aromatic N) is 2. The Kier molecular flexibility index (Phi) is 9.85. The van der Waals surface area contributed by atoms with Crippen LogP contribution in [-0.4, -0.2) is 50.6 Å². The number of nitrogens with one attached hydrogen (secondary N) is 2. The Morgan fingerprint density at radius 3 is 2.58 bits per heavy atom. The lowest BCUT2D eigenvalue weighted by atomic mass is 9.96. The van der Waals surface area contributed by atoms with Crippen molar-refractivity contribution in [2.24, 2.45) is 4.99 Å². The number of halogens is 2. The highest BCUT2D eigenvalue weighted by Gasteiger charge is 2.44. The number of guanidine groups is 1. The van der Waals surface area contributed by atoms with E-state index in [0.717, 1.165) is 50.4 Å². The van der Waals surface area contributed by atoms with Gasteiger partial charge in [-0.1, -0.05) is 12.1 Å². The van der Waals surface area contributed by atoms with Gasteiger partial charge in [0, 0.05) is 31.6 Å². The molecule has 4 nitrogen and oxygen atoms in total. The Bertz CT molecular complexity index is 573. The second-order valence-corrected chi connectivity index (χ2v) is 7.42. The van der Waals surface area contributed by atoms with Gasteiger partial charge in [-0.3, -0.25) is 4.99 Å². The third-order valence-corrected chi connectivity index (χ3v) is 5.22. The van der Waals surface area contributed by atoms with Crippen LogP contribution in [0.1, 0.15) is 45.1 Å². The minimum atomic E-state index is -0.155. The molecular formula is C20H34FIN4. The van der Waals surface area contributed by atoms with Crippen molar-refractivity contribution in [3.05, 3.63) is 35.6 Å². The molecule has 0 unspecified atom stereocenters. The summed E-state index contributed by atoms with van der Waals surface area (Å²) in [7, 11) is 3.96. The molecule has 26 heavy (non-hydrogen) atoms. The van der Waals surface area contributed by atoms with Crippen LogP contribution in [0.5, 0.6) is 0 Å². The molecular weight excluding hydrogens is 442 g/mol. The first-order valence-electron chi connectivity index (χ1n) is 9.38. The van der Waals surface area contributed by atoms with Gasteiger partial charge in [-0.2, -0.15) is 0 Å². The SMILES string of the molecule is CN=C(NCCCCN(C)C(C)C)NCC1(c2cccc(F)c2)CC1.I. The molecule has 2 rings (SSSR count). The van der Waals surface area contributed by atoms with Crippen molar-refractivity contribution in [2.75, 3.05) is 33.7 Å². The summed E-state index contributed by atoms with van der Waals surface area (Å²) in [5.41, 5.74) is 1.16. The summed E-state index contributed by atoms with van der Waals surface area (Å²) in [6, 6.07) is 7.59. The lowest BCUT2D eigenvalue weighted by Crippen LogP contribution is -2.41. The van der Waals surface area contributed by atoms with Crippen molar-refractivity contribution in [3.63, 3.8) is 0 Å². The second kappa shape index (κ2) is 11.1. The topological polar surface area (TPSA) is 39.7 Å². The Labute approximate surface area is 175 Å². The zero-order chi connectivity index (χ0) is 18.3. The molecule has 1 aromatic rings. The number of aliphatic imine (C=N–C) groups is 1. The van der Waals surface area contributed by atoms with Crippen molar-refractivity contribution < 1.29 is 4.39 Å². The van der Waals surface area contributed by atoms with Gasteiger partial charge in [0.1, 0.15) is 5.82 Å². The smallest absolute Gasteiger partial charge is 0.191 e. The minimum absolute atomic E-state index is 0. The van der Waals surface area contributed by atoms with Crippen LogP contribution in [0.25, 0.3) is 0 Å². The third-order valence-electron chi connectivity index (χ3n) is 5.22. The molecule has 0 spiro atoms. The zero-order valence-electron chi connectivity index (χ0n) is 16.5. The first-order chi connectivity index (χ1) is 12.0. The standard InChI is InChI=1S/C20H33FN4.HI/c1-16(2)25(4)13-6-5-12-23-19(22-3)24-15-20(10-11-20)17-8-7-9-18(21)14-17;/h7-9,14,16H,5-6,10-13,15H2,1-4H3,(H2,22,23,24);1H. The van der Waals surface area contributed by atoms with Crippen LogP contribution in [0.3, 0.4) is 0 Å². The zero-order valence-corrected chi connectivity index (χ0v) is 18.8. The largest absolute Gasteiger partial charge is 0.356 e. The maximum absolute atomic E-state index is 13.5. The molecule has 0 atom stereocenters. The van der Waals surface area contributed by atoms with Crippen LogP contribution >= 0.6 is 24.0 Å². The van der Waals surface area contributed by atoms with Gasteiger partial charge in [-0.25, -0.2) is 4.39 Å². The molecule has 1 saturated carbocycles. The predicted octanol–water partition coefficient (Wildman–Crippen LogP) is 3.76. The van der Waals surface area contributed by atoms with Crippen molar-refractivity contribution in [2.45, 2.75) is 51.0 Å². The molecule has 1 aliphatic carbocycles. The fourth-order valence-corrected chi connectivity index (χ4v) is 2.96. The quantitative estimate of drug-likeness (QED) is 0.247. The van der Waals surface area contributed by atoms with Crippen LogP contribution in [0.2, 0.25) is 0 Å². The van der Waals surface area contributed by atoms with E-state index in [9.17, 15) is 4.39 Å². The molecule has 148 valence electrons.